The van der Waals surface area contributed by atoms with Crippen LogP contribution in [-0.2, 0) is 18.4 Å². The Labute approximate surface area is 108 Å². The topological polar surface area (TPSA) is 52.6 Å². The number of carbonyl (C=O) groups is 1. The molecule has 0 radical (unpaired) electrons. The number of rotatable bonds is 6. The maximum absolute atomic E-state index is 12.2. The minimum absolute atomic E-state index is 0.697. The molecule has 0 heterocycles. The van der Waals surface area contributed by atoms with Gasteiger partial charge in [-0.3, -0.25) is 9.36 Å². The Hall–Kier alpha value is -0.100. The zero-order chi connectivity index (χ0) is 14.7. The van der Waals surface area contributed by atoms with Crippen LogP contribution in [0, 0.1) is 0 Å². The number of halogens is 4. The molecule has 0 aromatic heterocycles. The van der Waals surface area contributed by atoms with Crippen LogP contribution in [0.4, 0.5) is 13.2 Å². The Morgan fingerprint density at radius 2 is 1.44 bits per heavy atom. The van der Waals surface area contributed by atoms with Crippen molar-refractivity contribution in [3.05, 3.63) is 0 Å². The predicted octanol–water partition coefficient (Wildman–Crippen LogP) is 3.73. The molecule has 0 saturated heterocycles. The number of Topliss-reactive ketones (excluding diaryl/α,β-unsaturated/α-hetero) is 1. The van der Waals surface area contributed by atoms with Crippen LogP contribution in [0.2, 0.25) is 0 Å². The molecule has 0 aromatic rings. The SMILES string of the molecule is CC(C)OP(=O)(OC(C)C)C(Cl)C(=O)C(F)(F)F. The van der Waals surface area contributed by atoms with Gasteiger partial charge >= 0.3 is 13.8 Å². The highest BCUT2D eigenvalue weighted by molar-refractivity contribution is 7.58. The van der Waals surface area contributed by atoms with Crippen molar-refractivity contribution in [1.29, 1.82) is 0 Å². The first-order valence-electron chi connectivity index (χ1n) is 5.11. The second-order valence-corrected chi connectivity index (χ2v) is 6.80. The molecule has 0 aliphatic carbocycles. The van der Waals surface area contributed by atoms with Gasteiger partial charge in [0.2, 0.25) is 5.12 Å². The highest BCUT2D eigenvalue weighted by Crippen LogP contribution is 2.58. The van der Waals surface area contributed by atoms with E-state index in [-0.39, 0.29) is 0 Å². The molecule has 108 valence electrons. The number of hydrogen-bond donors (Lipinski definition) is 0. The molecular formula is C9H15ClF3O4P. The fraction of sp³-hybridized carbons (Fsp3) is 0.889. The van der Waals surface area contributed by atoms with Crippen LogP contribution in [0.15, 0.2) is 0 Å². The third kappa shape index (κ3) is 5.26. The summed E-state index contributed by atoms with van der Waals surface area (Å²) in [6, 6.07) is 0. The minimum Gasteiger partial charge on any atom is -0.304 e. The summed E-state index contributed by atoms with van der Waals surface area (Å²) in [6.07, 6.45) is -6.59. The van der Waals surface area contributed by atoms with E-state index < -0.39 is 36.9 Å². The van der Waals surface area contributed by atoms with Crippen LogP contribution >= 0.6 is 19.2 Å². The molecule has 0 saturated carbocycles. The Morgan fingerprint density at radius 1 is 1.11 bits per heavy atom. The Balaban J connectivity index is 5.20. The van der Waals surface area contributed by atoms with Gasteiger partial charge in [0.15, 0.2) is 0 Å². The normalized spacial score (nSPS) is 15.2. The van der Waals surface area contributed by atoms with Gasteiger partial charge in [0.05, 0.1) is 12.2 Å². The first-order chi connectivity index (χ1) is 7.90. The van der Waals surface area contributed by atoms with Gasteiger partial charge in [-0.25, -0.2) is 0 Å². The molecule has 0 N–H and O–H groups in total. The fourth-order valence-electron chi connectivity index (χ4n) is 0.998. The zero-order valence-corrected chi connectivity index (χ0v) is 12.0. The highest BCUT2D eigenvalue weighted by atomic mass is 35.5. The molecule has 0 spiro atoms. The van der Waals surface area contributed by atoms with Crippen LogP contribution in [-0.4, -0.2) is 29.3 Å². The second-order valence-electron chi connectivity index (χ2n) is 4.05. The quantitative estimate of drug-likeness (QED) is 0.554. The van der Waals surface area contributed by atoms with E-state index in [1.165, 1.54) is 27.7 Å². The summed E-state index contributed by atoms with van der Waals surface area (Å²) in [5, 5.41) is -2.40. The monoisotopic (exact) mass is 310 g/mol. The van der Waals surface area contributed by atoms with Crippen molar-refractivity contribution in [2.45, 2.75) is 51.2 Å². The summed E-state index contributed by atoms with van der Waals surface area (Å²) in [4.78, 5) is 11.0. The van der Waals surface area contributed by atoms with Gasteiger partial charge < -0.3 is 9.05 Å². The Bertz CT molecular complexity index is 329. The lowest BCUT2D eigenvalue weighted by molar-refractivity contribution is -0.169. The van der Waals surface area contributed by atoms with Gasteiger partial charge in [0.25, 0.3) is 5.78 Å². The number of hydrogen-bond acceptors (Lipinski definition) is 4. The highest BCUT2D eigenvalue weighted by Gasteiger charge is 2.52. The van der Waals surface area contributed by atoms with Crippen molar-refractivity contribution >= 4 is 25.0 Å². The summed E-state index contributed by atoms with van der Waals surface area (Å²) < 4.78 is 58.5. The molecule has 9 heteroatoms. The molecule has 18 heavy (non-hydrogen) atoms. The van der Waals surface area contributed by atoms with Crippen molar-refractivity contribution in [1.82, 2.24) is 0 Å². The molecule has 1 atom stereocenters. The maximum Gasteiger partial charge on any atom is 0.452 e. The molecule has 0 aliphatic rings. The van der Waals surface area contributed by atoms with Crippen LogP contribution in [0.5, 0.6) is 0 Å². The van der Waals surface area contributed by atoms with E-state index in [9.17, 15) is 22.5 Å². The Kier molecular flexibility index (Phi) is 6.33. The molecule has 0 aromatic carbocycles. The van der Waals surface area contributed by atoms with Crippen molar-refractivity contribution < 1.29 is 31.6 Å². The van der Waals surface area contributed by atoms with E-state index in [1.807, 2.05) is 0 Å². The minimum atomic E-state index is -5.19. The lowest BCUT2D eigenvalue weighted by Gasteiger charge is -2.25. The molecule has 0 amide bonds. The fourth-order valence-corrected chi connectivity index (χ4v) is 3.27. The number of carbonyl (C=O) groups excluding carboxylic acids is 1. The van der Waals surface area contributed by atoms with Crippen molar-refractivity contribution in [2.24, 2.45) is 0 Å². The lowest BCUT2D eigenvalue weighted by atomic mass is 10.4. The van der Waals surface area contributed by atoms with E-state index in [0.29, 0.717) is 0 Å². The smallest absolute Gasteiger partial charge is 0.304 e. The Morgan fingerprint density at radius 3 is 1.67 bits per heavy atom. The van der Waals surface area contributed by atoms with Gasteiger partial charge in [-0.05, 0) is 27.7 Å². The molecule has 0 aliphatic heterocycles. The predicted molar refractivity (Wildman–Crippen MR) is 60.8 cm³/mol. The van der Waals surface area contributed by atoms with Crippen LogP contribution in [0.3, 0.4) is 0 Å². The summed E-state index contributed by atoms with van der Waals surface area (Å²) in [5.41, 5.74) is 0. The first-order valence-corrected chi connectivity index (χ1v) is 7.16. The lowest BCUT2D eigenvalue weighted by Crippen LogP contribution is -2.33. The van der Waals surface area contributed by atoms with Crippen LogP contribution in [0.1, 0.15) is 27.7 Å². The molecule has 0 bridgehead atoms. The third-order valence-electron chi connectivity index (χ3n) is 1.49. The summed E-state index contributed by atoms with van der Waals surface area (Å²) in [7, 11) is -4.38. The standard InChI is InChI=1S/C9H15ClF3O4P/c1-5(2)16-18(15,17-6(3)4)8(10)7(14)9(11,12)13/h5-6,8H,1-4H3. The van der Waals surface area contributed by atoms with Crippen LogP contribution in [0.25, 0.3) is 0 Å². The zero-order valence-electron chi connectivity index (χ0n) is 10.3. The number of alkyl halides is 4. The van der Waals surface area contributed by atoms with E-state index in [0.717, 1.165) is 0 Å². The van der Waals surface area contributed by atoms with Crippen molar-refractivity contribution in [3.8, 4) is 0 Å². The molecule has 4 nitrogen and oxygen atoms in total. The van der Waals surface area contributed by atoms with E-state index in [1.54, 1.807) is 0 Å². The maximum atomic E-state index is 12.2. The average molecular weight is 311 g/mol. The van der Waals surface area contributed by atoms with Crippen LogP contribution < -0.4 is 0 Å². The van der Waals surface area contributed by atoms with E-state index >= 15 is 0 Å². The van der Waals surface area contributed by atoms with Crippen molar-refractivity contribution in [3.63, 3.8) is 0 Å². The molecule has 1 unspecified atom stereocenters. The molecule has 0 rings (SSSR count). The van der Waals surface area contributed by atoms with Gasteiger partial charge in [-0.2, -0.15) is 13.2 Å². The average Bonchev–Trinajstić information content (AvgIpc) is 2.11. The largest absolute Gasteiger partial charge is 0.452 e. The van der Waals surface area contributed by atoms with Gasteiger partial charge in [0, 0.05) is 0 Å². The second kappa shape index (κ2) is 6.37. The first kappa shape index (κ1) is 17.9. The van der Waals surface area contributed by atoms with Gasteiger partial charge in [0.1, 0.15) is 0 Å². The van der Waals surface area contributed by atoms with E-state index in [4.69, 9.17) is 20.6 Å². The van der Waals surface area contributed by atoms with E-state index in [2.05, 4.69) is 0 Å². The van der Waals surface area contributed by atoms with Gasteiger partial charge in [-0.1, -0.05) is 0 Å². The number of ketones is 1. The van der Waals surface area contributed by atoms with Crippen molar-refractivity contribution in [2.75, 3.05) is 0 Å². The summed E-state index contributed by atoms with van der Waals surface area (Å²) >= 11 is 5.33. The molecule has 0 fully saturated rings. The summed E-state index contributed by atoms with van der Waals surface area (Å²) in [5.74, 6) is -2.34. The van der Waals surface area contributed by atoms with Gasteiger partial charge in [-0.15, -0.1) is 11.6 Å². The molecular weight excluding hydrogens is 296 g/mol. The third-order valence-corrected chi connectivity index (χ3v) is 4.62. The summed E-state index contributed by atoms with van der Waals surface area (Å²) in [6.45, 7) is 5.77.